The van der Waals surface area contributed by atoms with E-state index < -0.39 is 0 Å². The molecule has 7 nitrogen and oxygen atoms in total. The number of rotatable bonds is 6. The Bertz CT molecular complexity index is 1420. The predicted octanol–water partition coefficient (Wildman–Crippen LogP) is 4.99. The monoisotopic (exact) mass is 466 g/mol. The van der Waals surface area contributed by atoms with Crippen molar-refractivity contribution in [1.29, 1.82) is 0 Å². The largest absolute Gasteiger partial charge is 0.309 e. The summed E-state index contributed by atoms with van der Waals surface area (Å²) < 4.78 is 2.05. The third-order valence-corrected chi connectivity index (χ3v) is 7.69. The average Bonchev–Trinajstić information content (AvgIpc) is 3.50. The van der Waals surface area contributed by atoms with E-state index in [4.69, 9.17) is 4.98 Å². The van der Waals surface area contributed by atoms with Gasteiger partial charge in [0.2, 0.25) is 0 Å². The van der Waals surface area contributed by atoms with Crippen LogP contribution in [0.25, 0.3) is 32.0 Å². The molecule has 5 aromatic rings. The van der Waals surface area contributed by atoms with E-state index in [1.807, 2.05) is 17.5 Å². The zero-order chi connectivity index (χ0) is 21.4. The summed E-state index contributed by atoms with van der Waals surface area (Å²) in [6, 6.07) is 7.96. The van der Waals surface area contributed by atoms with Crippen molar-refractivity contribution >= 4 is 44.7 Å². The van der Waals surface area contributed by atoms with Crippen molar-refractivity contribution in [2.75, 3.05) is 0 Å². The van der Waals surface area contributed by atoms with Crippen LogP contribution in [0.1, 0.15) is 17.6 Å². The lowest BCUT2D eigenvalue weighted by Gasteiger charge is -2.07. The number of aryl methyl sites for hydroxylation is 1. The maximum Gasteiger partial charge on any atom is 0.260 e. The van der Waals surface area contributed by atoms with Crippen LogP contribution in [0.3, 0.4) is 0 Å². The number of nitrogens with zero attached hydrogens (tertiary/aromatic N) is 5. The van der Waals surface area contributed by atoms with Crippen LogP contribution in [0.15, 0.2) is 52.0 Å². The molecule has 0 atom stereocenters. The van der Waals surface area contributed by atoms with Crippen LogP contribution in [0.4, 0.5) is 0 Å². The maximum absolute atomic E-state index is 12.9. The van der Waals surface area contributed by atoms with Gasteiger partial charge in [0, 0.05) is 45.2 Å². The van der Waals surface area contributed by atoms with Gasteiger partial charge in [-0.1, -0.05) is 11.8 Å². The molecule has 0 amide bonds. The summed E-state index contributed by atoms with van der Waals surface area (Å²) >= 11 is 4.70. The number of fused-ring (bicyclic) bond motifs is 1. The molecule has 5 aromatic heterocycles. The van der Waals surface area contributed by atoms with Crippen LogP contribution < -0.4 is 5.56 Å². The van der Waals surface area contributed by atoms with Gasteiger partial charge in [-0.15, -0.1) is 32.9 Å². The summed E-state index contributed by atoms with van der Waals surface area (Å²) in [5, 5.41) is 12.2. The molecule has 0 aromatic carbocycles. The predicted molar refractivity (Wildman–Crippen MR) is 127 cm³/mol. The number of thiophene rings is 2. The van der Waals surface area contributed by atoms with Gasteiger partial charge in [0.15, 0.2) is 11.0 Å². The molecule has 0 bridgehead atoms. The highest BCUT2D eigenvalue weighted by molar-refractivity contribution is 7.98. The zero-order valence-corrected chi connectivity index (χ0v) is 19.3. The summed E-state index contributed by atoms with van der Waals surface area (Å²) in [5.74, 6) is 1.94. The van der Waals surface area contributed by atoms with E-state index in [2.05, 4.69) is 50.7 Å². The van der Waals surface area contributed by atoms with Gasteiger partial charge in [0.25, 0.3) is 5.56 Å². The van der Waals surface area contributed by atoms with E-state index in [0.29, 0.717) is 17.0 Å². The second kappa shape index (κ2) is 8.37. The summed E-state index contributed by atoms with van der Waals surface area (Å²) in [4.78, 5) is 27.7. The lowest BCUT2D eigenvalue weighted by atomic mass is 10.2. The number of hydrogen-bond acceptors (Lipinski definition) is 8. The van der Waals surface area contributed by atoms with Crippen molar-refractivity contribution in [3.63, 3.8) is 0 Å². The van der Waals surface area contributed by atoms with E-state index in [1.54, 1.807) is 23.7 Å². The van der Waals surface area contributed by atoms with Crippen molar-refractivity contribution in [3.8, 4) is 21.8 Å². The quantitative estimate of drug-likeness (QED) is 0.355. The van der Waals surface area contributed by atoms with E-state index in [-0.39, 0.29) is 5.56 Å². The Morgan fingerprint density at radius 1 is 1.16 bits per heavy atom. The molecule has 0 aliphatic carbocycles. The Labute approximate surface area is 190 Å². The Kier molecular flexibility index (Phi) is 5.43. The van der Waals surface area contributed by atoms with Crippen molar-refractivity contribution in [2.24, 2.45) is 0 Å². The number of thioether (sulfide) groups is 1. The van der Waals surface area contributed by atoms with Gasteiger partial charge in [-0.3, -0.25) is 9.78 Å². The Balaban J connectivity index is 1.42. The van der Waals surface area contributed by atoms with Crippen LogP contribution in [0.2, 0.25) is 0 Å². The van der Waals surface area contributed by atoms with Crippen LogP contribution >= 0.6 is 34.4 Å². The number of nitrogens with one attached hydrogen (secondary N) is 1. The van der Waals surface area contributed by atoms with E-state index >= 15 is 0 Å². The Morgan fingerprint density at radius 2 is 2.00 bits per heavy atom. The molecule has 0 fully saturated rings. The lowest BCUT2D eigenvalue weighted by Crippen LogP contribution is -2.11. The summed E-state index contributed by atoms with van der Waals surface area (Å²) in [6.45, 7) is 4.87. The molecule has 5 rings (SSSR count). The van der Waals surface area contributed by atoms with Crippen molar-refractivity contribution in [1.82, 2.24) is 29.7 Å². The smallest absolute Gasteiger partial charge is 0.260 e. The zero-order valence-electron chi connectivity index (χ0n) is 16.8. The summed E-state index contributed by atoms with van der Waals surface area (Å²) in [6.07, 6.45) is 3.49. The van der Waals surface area contributed by atoms with E-state index in [1.165, 1.54) is 28.0 Å². The van der Waals surface area contributed by atoms with E-state index in [0.717, 1.165) is 38.4 Å². The van der Waals surface area contributed by atoms with Gasteiger partial charge in [0.05, 0.1) is 11.1 Å². The molecule has 1 N–H and O–H groups in total. The normalized spacial score (nSPS) is 11.4. The van der Waals surface area contributed by atoms with Crippen LogP contribution in [0, 0.1) is 6.92 Å². The molecule has 5 heterocycles. The molecule has 0 saturated heterocycles. The summed E-state index contributed by atoms with van der Waals surface area (Å²) in [5.41, 5.74) is 1.83. The van der Waals surface area contributed by atoms with Gasteiger partial charge in [0.1, 0.15) is 10.7 Å². The molecule has 0 spiro atoms. The molecule has 0 radical (unpaired) electrons. The number of hydrogen-bond donors (Lipinski definition) is 1. The third-order valence-electron chi connectivity index (χ3n) is 4.81. The van der Waals surface area contributed by atoms with Gasteiger partial charge in [-0.05, 0) is 38.1 Å². The fourth-order valence-corrected chi connectivity index (χ4v) is 6.15. The number of aromatic amines is 1. The average molecular weight is 467 g/mol. The van der Waals surface area contributed by atoms with Crippen molar-refractivity contribution in [2.45, 2.75) is 31.3 Å². The molecule has 31 heavy (non-hydrogen) atoms. The first kappa shape index (κ1) is 20.1. The minimum atomic E-state index is -0.0997. The number of pyridine rings is 1. The second-order valence-corrected chi connectivity index (χ2v) is 9.92. The molecular weight excluding hydrogens is 448 g/mol. The van der Waals surface area contributed by atoms with Crippen LogP contribution in [0.5, 0.6) is 0 Å². The molecule has 0 aliphatic rings. The molecule has 156 valence electrons. The minimum absolute atomic E-state index is 0.0997. The molecular formula is C21H18N6OS3. The topological polar surface area (TPSA) is 89.4 Å². The molecule has 0 saturated carbocycles. The van der Waals surface area contributed by atoms with Gasteiger partial charge in [-0.2, -0.15) is 0 Å². The van der Waals surface area contributed by atoms with Crippen molar-refractivity contribution in [3.05, 3.63) is 63.1 Å². The van der Waals surface area contributed by atoms with Gasteiger partial charge in [-0.25, -0.2) is 4.98 Å². The molecule has 0 aliphatic heterocycles. The summed E-state index contributed by atoms with van der Waals surface area (Å²) in [7, 11) is 0. The Hall–Kier alpha value is -2.82. The minimum Gasteiger partial charge on any atom is -0.309 e. The maximum atomic E-state index is 12.9. The SMILES string of the molecule is CCn1c(SCc2nc3scc(-c4ccc(C)s4)c3c(=O)[nH]2)nnc1-c1ccncc1. The highest BCUT2D eigenvalue weighted by Gasteiger charge is 2.16. The van der Waals surface area contributed by atoms with Crippen LogP contribution in [-0.2, 0) is 12.3 Å². The first-order valence-electron chi connectivity index (χ1n) is 9.67. The Morgan fingerprint density at radius 3 is 2.74 bits per heavy atom. The number of H-pyrrole nitrogens is 1. The van der Waals surface area contributed by atoms with Crippen molar-refractivity contribution < 1.29 is 0 Å². The van der Waals surface area contributed by atoms with Crippen LogP contribution in [-0.4, -0.2) is 29.7 Å². The standard InChI is InChI=1S/C21H18N6OS3/c1-3-27-18(13-6-8-22-9-7-13)25-26-21(27)30-11-16-23-19(28)17-14(10-29-20(17)24-16)15-5-4-12(2)31-15/h4-10H,3,11H2,1-2H3,(H,23,24,28). The highest BCUT2D eigenvalue weighted by atomic mass is 32.2. The fourth-order valence-electron chi connectivity index (χ4n) is 3.35. The fraction of sp³-hybridized carbons (Fsp3) is 0.190. The number of aromatic nitrogens is 6. The molecule has 0 unspecified atom stereocenters. The lowest BCUT2D eigenvalue weighted by molar-refractivity contribution is 0.687. The highest BCUT2D eigenvalue weighted by Crippen LogP contribution is 2.35. The van der Waals surface area contributed by atoms with Gasteiger partial charge >= 0.3 is 0 Å². The first-order valence-corrected chi connectivity index (χ1v) is 12.4. The first-order chi connectivity index (χ1) is 15.1. The third kappa shape index (κ3) is 3.82. The van der Waals surface area contributed by atoms with E-state index in [9.17, 15) is 4.79 Å². The van der Waals surface area contributed by atoms with Gasteiger partial charge < -0.3 is 9.55 Å². The molecule has 10 heteroatoms. The second-order valence-electron chi connectivity index (χ2n) is 6.83.